The minimum Gasteiger partial charge on any atom is -0.462 e. The summed E-state index contributed by atoms with van der Waals surface area (Å²) in [4.78, 5) is 72.9. The Labute approximate surface area is 607 Å². The molecule has 0 aliphatic carbocycles. The standard InChI is InChI=1S/C80H156O17P2/c1-70(2)56-48-40-32-26-21-17-13-11-9-10-12-14-19-23-29-35-44-52-60-77(82)90-66-75(96-79(84)62-54-46-36-30-24-20-16-15-18-22-27-33-41-49-57-71(3)4)68-94-98(86,87)92-64-74(81)65-93-99(88,89)95-69-76(67-91-78(83)61-53-45-39-38-43-51-59-73(7)8)97-80(85)63-55-47-37-31-25-28-34-42-50-58-72(5)6/h70-76,81H,9-69H2,1-8H3,(H,86,87)(H,88,89)/t74-,75-,76-/m1/s1. The molecule has 0 saturated heterocycles. The van der Waals surface area contributed by atoms with Crippen molar-refractivity contribution < 1.29 is 80.2 Å². The molecule has 19 heteroatoms. The quantitative estimate of drug-likeness (QED) is 0.0222. The van der Waals surface area contributed by atoms with Crippen molar-refractivity contribution in [2.75, 3.05) is 39.6 Å². The smallest absolute Gasteiger partial charge is 0.462 e. The first-order valence-electron chi connectivity index (χ1n) is 41.2. The third-order valence-electron chi connectivity index (χ3n) is 18.6. The molecule has 0 bridgehead atoms. The molecule has 588 valence electrons. The van der Waals surface area contributed by atoms with Gasteiger partial charge in [-0.05, 0) is 49.4 Å². The second-order valence-electron chi connectivity index (χ2n) is 30.7. The number of rotatable bonds is 77. The Morgan fingerprint density at radius 1 is 0.253 bits per heavy atom. The van der Waals surface area contributed by atoms with E-state index in [4.69, 9.17) is 37.0 Å². The van der Waals surface area contributed by atoms with Gasteiger partial charge >= 0.3 is 39.5 Å². The fraction of sp³-hybridized carbons (Fsp3) is 0.950. The molecule has 17 nitrogen and oxygen atoms in total. The highest BCUT2D eigenvalue weighted by atomic mass is 31.2. The van der Waals surface area contributed by atoms with Gasteiger partial charge in [0.05, 0.1) is 26.4 Å². The van der Waals surface area contributed by atoms with Crippen molar-refractivity contribution in [3.8, 4) is 0 Å². The van der Waals surface area contributed by atoms with Crippen molar-refractivity contribution in [2.24, 2.45) is 23.7 Å². The lowest BCUT2D eigenvalue weighted by atomic mass is 10.0. The van der Waals surface area contributed by atoms with Gasteiger partial charge in [-0.1, -0.05) is 357 Å². The summed E-state index contributed by atoms with van der Waals surface area (Å²) in [5.74, 6) is 0.915. The minimum atomic E-state index is -4.96. The molecule has 0 aliphatic heterocycles. The minimum absolute atomic E-state index is 0.104. The fourth-order valence-electron chi connectivity index (χ4n) is 12.3. The van der Waals surface area contributed by atoms with E-state index in [1.54, 1.807) is 0 Å². The summed E-state index contributed by atoms with van der Waals surface area (Å²) in [6.45, 7) is 14.2. The number of carbonyl (C=O) groups excluding carboxylic acids is 4. The number of aliphatic hydroxyl groups is 1. The van der Waals surface area contributed by atoms with Gasteiger partial charge in [-0.25, -0.2) is 9.13 Å². The molecule has 0 aromatic carbocycles. The summed E-state index contributed by atoms with van der Waals surface area (Å²) in [6, 6.07) is 0. The van der Waals surface area contributed by atoms with Crippen molar-refractivity contribution in [3.63, 3.8) is 0 Å². The Morgan fingerprint density at radius 3 is 0.626 bits per heavy atom. The molecule has 0 aliphatic rings. The maximum absolute atomic E-state index is 13.1. The lowest BCUT2D eigenvalue weighted by molar-refractivity contribution is -0.161. The number of hydrogen-bond acceptors (Lipinski definition) is 15. The van der Waals surface area contributed by atoms with Crippen molar-refractivity contribution in [3.05, 3.63) is 0 Å². The van der Waals surface area contributed by atoms with Gasteiger partial charge in [0.25, 0.3) is 0 Å². The van der Waals surface area contributed by atoms with Crippen molar-refractivity contribution in [1.82, 2.24) is 0 Å². The van der Waals surface area contributed by atoms with Crippen molar-refractivity contribution in [1.29, 1.82) is 0 Å². The van der Waals surface area contributed by atoms with Crippen LogP contribution in [0, 0.1) is 23.7 Å². The van der Waals surface area contributed by atoms with E-state index in [0.29, 0.717) is 31.6 Å². The molecule has 0 radical (unpaired) electrons. The fourth-order valence-corrected chi connectivity index (χ4v) is 13.8. The normalized spacial score (nSPS) is 14.1. The molecule has 0 saturated carbocycles. The third-order valence-corrected chi connectivity index (χ3v) is 20.5. The second kappa shape index (κ2) is 69.1. The van der Waals surface area contributed by atoms with Gasteiger partial charge in [-0.2, -0.15) is 0 Å². The van der Waals surface area contributed by atoms with Gasteiger partial charge in [0, 0.05) is 25.7 Å². The molecule has 3 N–H and O–H groups in total. The third kappa shape index (κ3) is 74.1. The van der Waals surface area contributed by atoms with Crippen LogP contribution in [0.25, 0.3) is 0 Å². The zero-order valence-corrected chi connectivity index (χ0v) is 66.9. The molecule has 0 spiro atoms. The molecule has 0 rings (SSSR count). The van der Waals surface area contributed by atoms with E-state index in [1.165, 1.54) is 205 Å². The van der Waals surface area contributed by atoms with Gasteiger partial charge in [-0.3, -0.25) is 37.3 Å². The van der Waals surface area contributed by atoms with Crippen LogP contribution in [0.2, 0.25) is 0 Å². The summed E-state index contributed by atoms with van der Waals surface area (Å²) in [5, 5.41) is 10.6. The molecule has 99 heavy (non-hydrogen) atoms. The first-order valence-corrected chi connectivity index (χ1v) is 44.2. The first-order chi connectivity index (χ1) is 47.6. The van der Waals surface area contributed by atoms with Crippen LogP contribution in [-0.2, 0) is 65.4 Å². The summed E-state index contributed by atoms with van der Waals surface area (Å²) in [5.41, 5.74) is 0. The second-order valence-corrected chi connectivity index (χ2v) is 33.6. The highest BCUT2D eigenvalue weighted by Gasteiger charge is 2.30. The monoisotopic (exact) mass is 1450 g/mol. The Bertz CT molecular complexity index is 1940. The topological polar surface area (TPSA) is 237 Å². The molecule has 0 heterocycles. The summed E-state index contributed by atoms with van der Waals surface area (Å²) in [6.07, 6.45) is 55.8. The molecular formula is C80H156O17P2. The number of hydrogen-bond donors (Lipinski definition) is 3. The zero-order chi connectivity index (χ0) is 73.1. The van der Waals surface area contributed by atoms with Crippen LogP contribution >= 0.6 is 15.6 Å². The maximum atomic E-state index is 13.1. The summed E-state index contributed by atoms with van der Waals surface area (Å²) < 4.78 is 68.6. The Morgan fingerprint density at radius 2 is 0.424 bits per heavy atom. The molecule has 2 unspecified atom stereocenters. The van der Waals surface area contributed by atoms with E-state index >= 15 is 0 Å². The van der Waals surface area contributed by atoms with Crippen LogP contribution in [0.1, 0.15) is 409 Å². The first kappa shape index (κ1) is 97.1. The number of aliphatic hydroxyl groups excluding tert-OH is 1. The van der Waals surface area contributed by atoms with Crippen molar-refractivity contribution >= 4 is 39.5 Å². The number of esters is 4. The molecule has 0 aromatic heterocycles. The van der Waals surface area contributed by atoms with Crippen LogP contribution in [0.5, 0.6) is 0 Å². The van der Waals surface area contributed by atoms with E-state index in [-0.39, 0.29) is 25.7 Å². The van der Waals surface area contributed by atoms with E-state index in [1.807, 2.05) is 0 Å². The Hall–Kier alpha value is -1.94. The van der Waals surface area contributed by atoms with Crippen LogP contribution in [0.15, 0.2) is 0 Å². The lowest BCUT2D eigenvalue weighted by Crippen LogP contribution is -2.30. The largest absolute Gasteiger partial charge is 0.472 e. The molecule has 5 atom stereocenters. The van der Waals surface area contributed by atoms with E-state index in [0.717, 1.165) is 114 Å². The van der Waals surface area contributed by atoms with Crippen LogP contribution in [0.4, 0.5) is 0 Å². The zero-order valence-electron chi connectivity index (χ0n) is 65.1. The average molecular weight is 1450 g/mol. The van der Waals surface area contributed by atoms with Gasteiger partial charge < -0.3 is 33.8 Å². The number of carbonyl (C=O) groups is 4. The highest BCUT2D eigenvalue weighted by Crippen LogP contribution is 2.45. The maximum Gasteiger partial charge on any atom is 0.472 e. The molecular weight excluding hydrogens is 1290 g/mol. The van der Waals surface area contributed by atoms with E-state index in [9.17, 15) is 43.2 Å². The van der Waals surface area contributed by atoms with Gasteiger partial charge in [-0.15, -0.1) is 0 Å². The van der Waals surface area contributed by atoms with Crippen LogP contribution in [0.3, 0.4) is 0 Å². The van der Waals surface area contributed by atoms with E-state index in [2.05, 4.69) is 55.4 Å². The Kier molecular flexibility index (Phi) is 67.8. The number of ether oxygens (including phenoxy) is 4. The summed E-state index contributed by atoms with van der Waals surface area (Å²) >= 11 is 0. The van der Waals surface area contributed by atoms with Gasteiger partial charge in [0.1, 0.15) is 19.3 Å². The van der Waals surface area contributed by atoms with Crippen molar-refractivity contribution in [2.45, 2.75) is 427 Å². The summed E-state index contributed by atoms with van der Waals surface area (Å²) in [7, 11) is -9.92. The predicted octanol–water partition coefficient (Wildman–Crippen LogP) is 23.6. The average Bonchev–Trinajstić information content (AvgIpc) is 0.980. The van der Waals surface area contributed by atoms with E-state index < -0.39 is 97.5 Å². The lowest BCUT2D eigenvalue weighted by Gasteiger charge is -2.21. The van der Waals surface area contributed by atoms with Gasteiger partial charge in [0.15, 0.2) is 12.2 Å². The highest BCUT2D eigenvalue weighted by molar-refractivity contribution is 7.47. The molecule has 0 fully saturated rings. The number of unbranched alkanes of at least 4 members (excludes halogenated alkanes) is 43. The van der Waals surface area contributed by atoms with Crippen LogP contribution < -0.4 is 0 Å². The predicted molar refractivity (Wildman–Crippen MR) is 404 cm³/mol. The molecule has 0 aromatic rings. The number of phosphoric acid groups is 2. The SMILES string of the molecule is CC(C)CCCCCCCCCCCCCCCCCCCCC(=O)OC[C@H](COP(=O)(O)OC[C@@H](O)COP(=O)(O)OC[C@@H](COC(=O)CCCCCCCCC(C)C)OC(=O)CCCCCCCCCCCC(C)C)OC(=O)CCCCCCCCCCCCCCCCC(C)C. The Balaban J connectivity index is 5.20. The van der Waals surface area contributed by atoms with Gasteiger partial charge in [0.2, 0.25) is 0 Å². The molecule has 0 amide bonds. The number of phosphoric ester groups is 2. The van der Waals surface area contributed by atoms with Crippen LogP contribution in [-0.4, -0.2) is 96.7 Å².